The molecule has 0 aromatic heterocycles. The summed E-state index contributed by atoms with van der Waals surface area (Å²) in [4.78, 5) is 11.9. The highest BCUT2D eigenvalue weighted by Crippen LogP contribution is 2.29. The van der Waals surface area contributed by atoms with Crippen molar-refractivity contribution < 1.29 is 18.0 Å². The number of carbonyl (C=O) groups excluding carboxylic acids is 1. The largest absolute Gasteiger partial charge is 0.416 e. The highest BCUT2D eigenvalue weighted by molar-refractivity contribution is 9.10. The average Bonchev–Trinajstić information content (AvgIpc) is 2.41. The summed E-state index contributed by atoms with van der Waals surface area (Å²) in [6.45, 7) is 0. The minimum atomic E-state index is -4.43. The summed E-state index contributed by atoms with van der Waals surface area (Å²) < 4.78 is 38.1. The zero-order valence-electron chi connectivity index (χ0n) is 10.3. The zero-order valence-corrected chi connectivity index (χ0v) is 12.7. The third kappa shape index (κ3) is 3.98. The highest BCUT2D eigenvalue weighted by Gasteiger charge is 2.30. The average molecular weight is 379 g/mol. The molecule has 0 radical (unpaired) electrons. The Hall–Kier alpha value is -1.53. The Bertz CT molecular complexity index is 671. The van der Waals surface area contributed by atoms with Crippen LogP contribution < -0.4 is 5.32 Å². The number of amides is 1. The molecule has 0 aliphatic rings. The molecule has 2 aromatic carbocycles. The Labute approximate surface area is 132 Å². The van der Waals surface area contributed by atoms with Crippen LogP contribution in [0.15, 0.2) is 46.9 Å². The van der Waals surface area contributed by atoms with Crippen LogP contribution in [0, 0.1) is 0 Å². The van der Waals surface area contributed by atoms with Crippen LogP contribution in [0.1, 0.15) is 15.9 Å². The standard InChI is InChI=1S/C14H8BrClF3NO/c15-10-5-6-12(11(16)7-10)20-13(21)8-1-3-9(4-2-8)14(17,18)19/h1-7H,(H,20,21). The molecule has 0 unspecified atom stereocenters. The van der Waals surface area contributed by atoms with Crippen molar-refractivity contribution in [3.63, 3.8) is 0 Å². The predicted molar refractivity (Wildman–Crippen MR) is 78.5 cm³/mol. The summed E-state index contributed by atoms with van der Waals surface area (Å²) in [6, 6.07) is 8.83. The van der Waals surface area contributed by atoms with Gasteiger partial charge in [-0.1, -0.05) is 27.5 Å². The topological polar surface area (TPSA) is 29.1 Å². The maximum absolute atomic E-state index is 12.4. The van der Waals surface area contributed by atoms with Crippen LogP contribution >= 0.6 is 27.5 Å². The Morgan fingerprint density at radius 3 is 2.24 bits per heavy atom. The van der Waals surface area contributed by atoms with E-state index in [1.165, 1.54) is 0 Å². The highest BCUT2D eigenvalue weighted by atomic mass is 79.9. The molecule has 1 N–H and O–H groups in total. The van der Waals surface area contributed by atoms with Gasteiger partial charge in [0.05, 0.1) is 16.3 Å². The van der Waals surface area contributed by atoms with Crippen LogP contribution in [0.5, 0.6) is 0 Å². The molecule has 1 amide bonds. The molecule has 0 atom stereocenters. The Morgan fingerprint density at radius 2 is 1.71 bits per heavy atom. The van der Waals surface area contributed by atoms with Crippen molar-refractivity contribution in [1.29, 1.82) is 0 Å². The van der Waals surface area contributed by atoms with Crippen LogP contribution in [0.2, 0.25) is 5.02 Å². The van der Waals surface area contributed by atoms with Gasteiger partial charge in [0.25, 0.3) is 5.91 Å². The molecule has 0 fully saturated rings. The van der Waals surface area contributed by atoms with E-state index in [1.807, 2.05) is 0 Å². The first-order valence-corrected chi connectivity index (χ1v) is 6.88. The number of halogens is 5. The molecule has 0 aliphatic carbocycles. The molecule has 2 nitrogen and oxygen atoms in total. The van der Waals surface area contributed by atoms with Crippen molar-refractivity contribution in [3.05, 3.63) is 63.1 Å². The van der Waals surface area contributed by atoms with Gasteiger partial charge in [-0.3, -0.25) is 4.79 Å². The van der Waals surface area contributed by atoms with Crippen LogP contribution in [-0.2, 0) is 6.18 Å². The fourth-order valence-electron chi connectivity index (χ4n) is 1.60. The summed E-state index contributed by atoms with van der Waals surface area (Å²) in [7, 11) is 0. The van der Waals surface area contributed by atoms with E-state index in [9.17, 15) is 18.0 Å². The van der Waals surface area contributed by atoms with Crippen molar-refractivity contribution in [1.82, 2.24) is 0 Å². The molecule has 2 aromatic rings. The van der Waals surface area contributed by atoms with Gasteiger partial charge in [0.1, 0.15) is 0 Å². The summed E-state index contributed by atoms with van der Waals surface area (Å²) >= 11 is 9.18. The first-order valence-electron chi connectivity index (χ1n) is 5.71. The molecule has 110 valence electrons. The van der Waals surface area contributed by atoms with Gasteiger partial charge in [0, 0.05) is 10.0 Å². The first-order chi connectivity index (χ1) is 9.77. The maximum atomic E-state index is 12.4. The first kappa shape index (κ1) is 15.9. The van der Waals surface area contributed by atoms with E-state index >= 15 is 0 Å². The van der Waals surface area contributed by atoms with E-state index in [1.54, 1.807) is 18.2 Å². The number of benzene rings is 2. The summed E-state index contributed by atoms with van der Waals surface area (Å²) in [5.41, 5.74) is -0.313. The predicted octanol–water partition coefficient (Wildman–Crippen LogP) is 5.37. The molecule has 2 rings (SSSR count). The van der Waals surface area contributed by atoms with Crippen molar-refractivity contribution in [2.45, 2.75) is 6.18 Å². The molecule has 0 heterocycles. The lowest BCUT2D eigenvalue weighted by Crippen LogP contribution is -2.13. The van der Waals surface area contributed by atoms with Crippen molar-refractivity contribution >= 4 is 39.1 Å². The molecule has 0 saturated carbocycles. The molecule has 0 saturated heterocycles. The van der Waals surface area contributed by atoms with Gasteiger partial charge >= 0.3 is 6.18 Å². The minimum absolute atomic E-state index is 0.113. The van der Waals surface area contributed by atoms with E-state index in [0.29, 0.717) is 10.7 Å². The molecular formula is C14H8BrClF3NO. The number of rotatable bonds is 2. The quantitative estimate of drug-likeness (QED) is 0.747. The van der Waals surface area contributed by atoms with E-state index in [0.717, 1.165) is 28.7 Å². The lowest BCUT2D eigenvalue weighted by molar-refractivity contribution is -0.137. The van der Waals surface area contributed by atoms with Gasteiger partial charge in [-0.2, -0.15) is 13.2 Å². The second-order valence-corrected chi connectivity index (χ2v) is 5.48. The van der Waals surface area contributed by atoms with Gasteiger partial charge in [-0.15, -0.1) is 0 Å². The minimum Gasteiger partial charge on any atom is -0.321 e. The smallest absolute Gasteiger partial charge is 0.321 e. The van der Waals surface area contributed by atoms with E-state index < -0.39 is 17.6 Å². The third-order valence-electron chi connectivity index (χ3n) is 2.65. The van der Waals surface area contributed by atoms with E-state index in [2.05, 4.69) is 21.2 Å². The number of nitrogens with one attached hydrogen (secondary N) is 1. The zero-order chi connectivity index (χ0) is 15.6. The van der Waals surface area contributed by atoms with Gasteiger partial charge in [-0.25, -0.2) is 0 Å². The van der Waals surface area contributed by atoms with Crippen molar-refractivity contribution in [3.8, 4) is 0 Å². The van der Waals surface area contributed by atoms with Crippen LogP contribution in [-0.4, -0.2) is 5.91 Å². The number of anilines is 1. The normalized spacial score (nSPS) is 11.3. The lowest BCUT2D eigenvalue weighted by atomic mass is 10.1. The van der Waals surface area contributed by atoms with E-state index in [-0.39, 0.29) is 5.56 Å². The van der Waals surface area contributed by atoms with E-state index in [4.69, 9.17) is 11.6 Å². The molecule has 7 heteroatoms. The number of carbonyl (C=O) groups is 1. The molecule has 0 aliphatic heterocycles. The van der Waals surface area contributed by atoms with Crippen molar-refractivity contribution in [2.75, 3.05) is 5.32 Å². The fourth-order valence-corrected chi connectivity index (χ4v) is 2.32. The second kappa shape index (κ2) is 6.07. The Kier molecular flexibility index (Phi) is 4.58. The van der Waals surface area contributed by atoms with Gasteiger partial charge < -0.3 is 5.32 Å². The van der Waals surface area contributed by atoms with Gasteiger partial charge in [0.15, 0.2) is 0 Å². The number of hydrogen-bond acceptors (Lipinski definition) is 1. The monoisotopic (exact) mass is 377 g/mol. The third-order valence-corrected chi connectivity index (χ3v) is 3.46. The SMILES string of the molecule is O=C(Nc1ccc(Br)cc1Cl)c1ccc(C(F)(F)F)cc1. The maximum Gasteiger partial charge on any atom is 0.416 e. The Balaban J connectivity index is 2.17. The Morgan fingerprint density at radius 1 is 1.10 bits per heavy atom. The van der Waals surface area contributed by atoms with Crippen LogP contribution in [0.25, 0.3) is 0 Å². The second-order valence-electron chi connectivity index (χ2n) is 4.15. The van der Waals surface area contributed by atoms with Crippen LogP contribution in [0.4, 0.5) is 18.9 Å². The molecular weight excluding hydrogens is 371 g/mol. The summed E-state index contributed by atoms with van der Waals surface area (Å²) in [5.74, 6) is -0.534. The summed E-state index contributed by atoms with van der Waals surface area (Å²) in [5, 5.41) is 2.86. The van der Waals surface area contributed by atoms with Crippen LogP contribution in [0.3, 0.4) is 0 Å². The fraction of sp³-hybridized carbons (Fsp3) is 0.0714. The summed E-state index contributed by atoms with van der Waals surface area (Å²) in [6.07, 6.45) is -4.43. The number of hydrogen-bond donors (Lipinski definition) is 1. The lowest BCUT2D eigenvalue weighted by Gasteiger charge is -2.09. The number of alkyl halides is 3. The molecule has 0 bridgehead atoms. The van der Waals surface area contributed by atoms with Gasteiger partial charge in [-0.05, 0) is 42.5 Å². The van der Waals surface area contributed by atoms with Gasteiger partial charge in [0.2, 0.25) is 0 Å². The molecule has 0 spiro atoms. The van der Waals surface area contributed by atoms with Crippen molar-refractivity contribution in [2.24, 2.45) is 0 Å². The molecule has 21 heavy (non-hydrogen) atoms.